The number of nitrogens with zero attached hydrogens (tertiary/aromatic N) is 2. The van der Waals surface area contributed by atoms with Gasteiger partial charge in [-0.05, 0) is 30.7 Å². The van der Waals surface area contributed by atoms with Gasteiger partial charge in [-0.1, -0.05) is 29.8 Å². The molecular formula is C22H24F2N4O2. The number of hydrogen-bond donors (Lipinski definition) is 2. The van der Waals surface area contributed by atoms with E-state index in [0.717, 1.165) is 18.7 Å². The number of morpholine rings is 1. The fraction of sp³-hybridized carbons (Fsp3) is 0.364. The molecule has 0 aliphatic carbocycles. The maximum absolute atomic E-state index is 12.9. The number of carbonyl (C=O) groups excluding carboxylic acids is 1. The zero-order chi connectivity index (χ0) is 21.1. The van der Waals surface area contributed by atoms with Gasteiger partial charge in [-0.2, -0.15) is 0 Å². The van der Waals surface area contributed by atoms with Crippen molar-refractivity contribution in [3.63, 3.8) is 0 Å². The van der Waals surface area contributed by atoms with Crippen LogP contribution in [0.4, 0.5) is 8.78 Å². The number of fused-ring (bicyclic) bond motifs is 1. The van der Waals surface area contributed by atoms with Gasteiger partial charge in [-0.3, -0.25) is 9.69 Å². The molecule has 2 aromatic carbocycles. The first-order valence-electron chi connectivity index (χ1n) is 9.95. The summed E-state index contributed by atoms with van der Waals surface area (Å²) in [5.74, 6) is -0.648. The number of alkyl halides is 2. The Hall–Kier alpha value is -2.84. The highest BCUT2D eigenvalue weighted by molar-refractivity contribution is 5.97. The van der Waals surface area contributed by atoms with E-state index in [4.69, 9.17) is 4.74 Å². The second-order valence-corrected chi connectivity index (χ2v) is 7.44. The van der Waals surface area contributed by atoms with Crippen LogP contribution in [0.3, 0.4) is 0 Å². The normalized spacial score (nSPS) is 16.1. The summed E-state index contributed by atoms with van der Waals surface area (Å²) in [7, 11) is 0. The SMILES string of the molecule is Cc1ccc(C(CNC(=O)c2ccc3nc(C(F)F)[nH]c3c2)N2CCOCC2)cc1. The first-order chi connectivity index (χ1) is 14.5. The van der Waals surface area contributed by atoms with E-state index in [1.807, 2.05) is 6.92 Å². The monoisotopic (exact) mass is 414 g/mol. The molecule has 0 bridgehead atoms. The molecule has 2 heterocycles. The van der Waals surface area contributed by atoms with Gasteiger partial charge >= 0.3 is 0 Å². The third kappa shape index (κ3) is 4.49. The van der Waals surface area contributed by atoms with Crippen LogP contribution in [0.5, 0.6) is 0 Å². The first-order valence-corrected chi connectivity index (χ1v) is 9.95. The second kappa shape index (κ2) is 8.89. The molecule has 1 aromatic heterocycles. The Labute approximate surface area is 173 Å². The summed E-state index contributed by atoms with van der Waals surface area (Å²) >= 11 is 0. The number of ether oxygens (including phenoxy) is 1. The summed E-state index contributed by atoms with van der Waals surface area (Å²) < 4.78 is 31.2. The van der Waals surface area contributed by atoms with E-state index in [1.165, 1.54) is 5.56 Å². The number of halogens is 2. The summed E-state index contributed by atoms with van der Waals surface area (Å²) in [4.78, 5) is 21.5. The van der Waals surface area contributed by atoms with Crippen LogP contribution in [0, 0.1) is 6.92 Å². The highest BCUT2D eigenvalue weighted by atomic mass is 19.3. The number of aryl methyl sites for hydroxylation is 1. The maximum Gasteiger partial charge on any atom is 0.295 e. The summed E-state index contributed by atoms with van der Waals surface area (Å²) in [6.45, 7) is 5.40. The van der Waals surface area contributed by atoms with E-state index in [9.17, 15) is 13.6 Å². The van der Waals surface area contributed by atoms with Crippen LogP contribution in [0.25, 0.3) is 11.0 Å². The number of nitrogens with one attached hydrogen (secondary N) is 2. The van der Waals surface area contributed by atoms with Crippen molar-refractivity contribution in [2.75, 3.05) is 32.8 Å². The van der Waals surface area contributed by atoms with Crippen LogP contribution in [0.2, 0.25) is 0 Å². The summed E-state index contributed by atoms with van der Waals surface area (Å²) in [5, 5.41) is 3.00. The Bertz CT molecular complexity index is 1010. The minimum absolute atomic E-state index is 0.0276. The van der Waals surface area contributed by atoms with Crippen LogP contribution >= 0.6 is 0 Å². The van der Waals surface area contributed by atoms with Crippen LogP contribution in [0.15, 0.2) is 42.5 Å². The number of aromatic amines is 1. The fourth-order valence-electron chi connectivity index (χ4n) is 3.70. The molecule has 158 valence electrons. The van der Waals surface area contributed by atoms with Crippen LogP contribution in [0.1, 0.15) is 39.8 Å². The lowest BCUT2D eigenvalue weighted by Gasteiger charge is -2.35. The number of amides is 1. The van der Waals surface area contributed by atoms with Gasteiger partial charge in [-0.25, -0.2) is 13.8 Å². The maximum atomic E-state index is 12.9. The molecule has 6 nitrogen and oxygen atoms in total. The van der Waals surface area contributed by atoms with Crippen LogP contribution < -0.4 is 5.32 Å². The van der Waals surface area contributed by atoms with Gasteiger partial charge < -0.3 is 15.0 Å². The van der Waals surface area contributed by atoms with E-state index < -0.39 is 12.2 Å². The van der Waals surface area contributed by atoms with Crippen molar-refractivity contribution < 1.29 is 18.3 Å². The number of hydrogen-bond acceptors (Lipinski definition) is 4. The van der Waals surface area contributed by atoms with Crippen LogP contribution in [-0.4, -0.2) is 53.6 Å². The quantitative estimate of drug-likeness (QED) is 0.647. The largest absolute Gasteiger partial charge is 0.379 e. The number of imidazole rings is 1. The van der Waals surface area contributed by atoms with E-state index in [0.29, 0.717) is 36.4 Å². The molecule has 1 amide bonds. The van der Waals surface area contributed by atoms with Gasteiger partial charge in [0.25, 0.3) is 12.3 Å². The Kier molecular flexibility index (Phi) is 6.06. The zero-order valence-corrected chi connectivity index (χ0v) is 16.7. The average Bonchev–Trinajstić information content (AvgIpc) is 3.19. The van der Waals surface area contributed by atoms with Crippen molar-refractivity contribution in [3.05, 3.63) is 65.0 Å². The standard InChI is InChI=1S/C22H24F2N4O2/c1-14-2-4-15(5-3-14)19(28-8-10-30-11-9-28)13-25-22(29)16-6-7-17-18(12-16)27-21(26-17)20(23)24/h2-7,12,19-20H,8-11,13H2,1H3,(H,25,29)(H,26,27). The molecule has 2 N–H and O–H groups in total. The zero-order valence-electron chi connectivity index (χ0n) is 16.7. The molecule has 3 aromatic rings. The summed E-state index contributed by atoms with van der Waals surface area (Å²) in [6, 6.07) is 13.1. The summed E-state index contributed by atoms with van der Waals surface area (Å²) in [6.07, 6.45) is -2.68. The van der Waals surface area contributed by atoms with E-state index >= 15 is 0 Å². The molecule has 0 spiro atoms. The van der Waals surface area contributed by atoms with Gasteiger partial charge in [-0.15, -0.1) is 0 Å². The highest BCUT2D eigenvalue weighted by Gasteiger charge is 2.23. The molecule has 1 saturated heterocycles. The molecule has 0 saturated carbocycles. The molecule has 4 rings (SSSR count). The lowest BCUT2D eigenvalue weighted by atomic mass is 10.0. The third-order valence-electron chi connectivity index (χ3n) is 5.37. The van der Waals surface area contributed by atoms with Crippen LogP contribution in [-0.2, 0) is 4.74 Å². The molecule has 1 atom stereocenters. The van der Waals surface area contributed by atoms with Crippen molar-refractivity contribution in [2.24, 2.45) is 0 Å². The summed E-state index contributed by atoms with van der Waals surface area (Å²) in [5.41, 5.74) is 3.54. The number of aromatic nitrogens is 2. The van der Waals surface area contributed by atoms with Gasteiger partial charge in [0, 0.05) is 25.2 Å². The van der Waals surface area contributed by atoms with E-state index in [1.54, 1.807) is 18.2 Å². The Morgan fingerprint density at radius 3 is 2.63 bits per heavy atom. The smallest absolute Gasteiger partial charge is 0.295 e. The predicted molar refractivity (Wildman–Crippen MR) is 110 cm³/mol. The van der Waals surface area contributed by atoms with Crippen molar-refractivity contribution in [1.29, 1.82) is 0 Å². The Balaban J connectivity index is 1.50. The minimum Gasteiger partial charge on any atom is -0.379 e. The number of H-pyrrole nitrogens is 1. The Morgan fingerprint density at radius 2 is 1.93 bits per heavy atom. The van der Waals surface area contributed by atoms with E-state index in [2.05, 4.69) is 44.5 Å². The minimum atomic E-state index is -2.68. The lowest BCUT2D eigenvalue weighted by molar-refractivity contribution is 0.0162. The van der Waals surface area contributed by atoms with Gasteiger partial charge in [0.15, 0.2) is 5.82 Å². The second-order valence-electron chi connectivity index (χ2n) is 7.44. The highest BCUT2D eigenvalue weighted by Crippen LogP contribution is 2.23. The van der Waals surface area contributed by atoms with Crippen molar-refractivity contribution in [3.8, 4) is 0 Å². The average molecular weight is 414 g/mol. The molecule has 30 heavy (non-hydrogen) atoms. The number of carbonyl (C=O) groups is 1. The number of benzene rings is 2. The van der Waals surface area contributed by atoms with Crippen molar-refractivity contribution >= 4 is 16.9 Å². The van der Waals surface area contributed by atoms with Gasteiger partial charge in [0.05, 0.1) is 30.3 Å². The van der Waals surface area contributed by atoms with Gasteiger partial charge in [0.1, 0.15) is 0 Å². The first kappa shape index (κ1) is 20.4. The molecule has 0 radical (unpaired) electrons. The molecule has 1 aliphatic rings. The Morgan fingerprint density at radius 1 is 1.20 bits per heavy atom. The molecule has 1 unspecified atom stereocenters. The van der Waals surface area contributed by atoms with Gasteiger partial charge in [0.2, 0.25) is 0 Å². The molecule has 1 aliphatic heterocycles. The molecular weight excluding hydrogens is 390 g/mol. The predicted octanol–water partition coefficient (Wildman–Crippen LogP) is 3.61. The third-order valence-corrected chi connectivity index (χ3v) is 5.37. The number of rotatable bonds is 6. The molecule has 1 fully saturated rings. The molecule has 8 heteroatoms. The van der Waals surface area contributed by atoms with Crippen molar-refractivity contribution in [2.45, 2.75) is 19.4 Å². The van der Waals surface area contributed by atoms with E-state index in [-0.39, 0.29) is 11.9 Å². The van der Waals surface area contributed by atoms with Crippen molar-refractivity contribution in [1.82, 2.24) is 20.2 Å². The topological polar surface area (TPSA) is 70.2 Å². The fourth-order valence-corrected chi connectivity index (χ4v) is 3.70. The lowest BCUT2D eigenvalue weighted by Crippen LogP contribution is -2.43.